The fraction of sp³-hybridized carbons (Fsp3) is 0.389. The van der Waals surface area contributed by atoms with Crippen molar-refractivity contribution >= 4 is 34.4 Å². The zero-order valence-electron chi connectivity index (χ0n) is 14.5. The molecule has 8 heteroatoms. The minimum atomic E-state index is -1.09. The molecule has 1 heterocycles. The van der Waals surface area contributed by atoms with E-state index in [1.54, 1.807) is 6.92 Å². The second kappa shape index (κ2) is 8.23. The minimum absolute atomic E-state index is 0.0452. The largest absolute Gasteiger partial charge is 0.506 e. The first kappa shape index (κ1) is 19.8. The summed E-state index contributed by atoms with van der Waals surface area (Å²) in [5.74, 6) is -1.73. The highest BCUT2D eigenvalue weighted by Gasteiger charge is 2.20. The lowest BCUT2D eigenvalue weighted by atomic mass is 10.0. The van der Waals surface area contributed by atoms with Crippen molar-refractivity contribution in [2.45, 2.75) is 45.6 Å². The van der Waals surface area contributed by atoms with Crippen LogP contribution in [0.5, 0.6) is 5.75 Å². The number of carboxylic acid groups (broad SMARTS) is 1. The van der Waals surface area contributed by atoms with Crippen molar-refractivity contribution in [2.24, 2.45) is 0 Å². The number of nitrogens with one attached hydrogen (secondary N) is 1. The Morgan fingerprint density at radius 1 is 1.35 bits per heavy atom. The van der Waals surface area contributed by atoms with E-state index in [1.807, 2.05) is 6.92 Å². The molecule has 1 unspecified atom stereocenters. The number of benzene rings is 1. The van der Waals surface area contributed by atoms with Gasteiger partial charge < -0.3 is 19.9 Å². The van der Waals surface area contributed by atoms with Crippen molar-refractivity contribution in [3.63, 3.8) is 0 Å². The van der Waals surface area contributed by atoms with Crippen molar-refractivity contribution < 1.29 is 24.2 Å². The Morgan fingerprint density at radius 3 is 2.65 bits per heavy atom. The van der Waals surface area contributed by atoms with Crippen molar-refractivity contribution in [1.82, 2.24) is 5.32 Å². The Hall–Kier alpha value is -2.54. The minimum Gasteiger partial charge on any atom is -0.506 e. The number of hydrogen-bond acceptors (Lipinski definition) is 5. The summed E-state index contributed by atoms with van der Waals surface area (Å²) in [6.07, 6.45) is 1.02. The average molecular weight is 382 g/mol. The molecule has 0 aliphatic rings. The summed E-state index contributed by atoms with van der Waals surface area (Å²) in [5.41, 5.74) is 0.524. The first-order valence-electron chi connectivity index (χ1n) is 8.21. The number of aromatic hydroxyl groups is 1. The molecule has 2 rings (SSSR count). The average Bonchev–Trinajstić information content (AvgIpc) is 2.56. The Kier molecular flexibility index (Phi) is 6.26. The second-order valence-corrected chi connectivity index (χ2v) is 6.45. The van der Waals surface area contributed by atoms with E-state index in [4.69, 9.17) is 21.1 Å². The summed E-state index contributed by atoms with van der Waals surface area (Å²) in [6.45, 7) is 3.53. The lowest BCUT2D eigenvalue weighted by Crippen LogP contribution is -2.40. The lowest BCUT2D eigenvalue weighted by molar-refractivity contribution is -0.142. The van der Waals surface area contributed by atoms with Gasteiger partial charge in [0.1, 0.15) is 17.4 Å². The van der Waals surface area contributed by atoms with Crippen LogP contribution in [0, 0.1) is 6.92 Å². The van der Waals surface area contributed by atoms with E-state index in [1.165, 1.54) is 12.1 Å². The Balaban J connectivity index is 2.20. The highest BCUT2D eigenvalue weighted by Crippen LogP contribution is 2.30. The Morgan fingerprint density at radius 2 is 2.04 bits per heavy atom. The van der Waals surface area contributed by atoms with Crippen LogP contribution >= 0.6 is 11.6 Å². The van der Waals surface area contributed by atoms with Crippen LogP contribution in [0.4, 0.5) is 0 Å². The van der Waals surface area contributed by atoms with E-state index in [-0.39, 0.29) is 29.2 Å². The normalized spacial score (nSPS) is 12.1. The molecule has 0 bridgehead atoms. The summed E-state index contributed by atoms with van der Waals surface area (Å²) in [5, 5.41) is 21.9. The summed E-state index contributed by atoms with van der Waals surface area (Å²) in [7, 11) is 0. The predicted octanol–water partition coefficient (Wildman–Crippen LogP) is 2.76. The maximum absolute atomic E-state index is 12.2. The van der Waals surface area contributed by atoms with Crippen molar-refractivity contribution in [1.29, 1.82) is 0 Å². The first-order valence-corrected chi connectivity index (χ1v) is 8.59. The molecule has 140 valence electrons. The third kappa shape index (κ3) is 4.35. The summed E-state index contributed by atoms with van der Waals surface area (Å²) in [4.78, 5) is 35.3. The first-order chi connectivity index (χ1) is 12.2. The van der Waals surface area contributed by atoms with Gasteiger partial charge in [0.2, 0.25) is 5.91 Å². The monoisotopic (exact) mass is 381 g/mol. The molecule has 7 nitrogen and oxygen atoms in total. The highest BCUT2D eigenvalue weighted by atomic mass is 35.5. The van der Waals surface area contributed by atoms with Crippen molar-refractivity contribution in [3.8, 4) is 5.75 Å². The number of amides is 1. The molecule has 1 atom stereocenters. The topological polar surface area (TPSA) is 117 Å². The van der Waals surface area contributed by atoms with Gasteiger partial charge in [-0.05, 0) is 31.4 Å². The van der Waals surface area contributed by atoms with Crippen LogP contribution in [-0.2, 0) is 16.0 Å². The number of carbonyl (C=O) groups is 2. The number of carbonyl (C=O) groups excluding carboxylic acids is 1. The Labute approximate surface area is 154 Å². The number of aliphatic carboxylic acids is 1. The molecule has 26 heavy (non-hydrogen) atoms. The number of rotatable bonds is 7. The van der Waals surface area contributed by atoms with Gasteiger partial charge in [-0.2, -0.15) is 0 Å². The third-order valence-electron chi connectivity index (χ3n) is 4.17. The van der Waals surface area contributed by atoms with Gasteiger partial charge in [-0.25, -0.2) is 9.59 Å². The maximum atomic E-state index is 12.2. The number of hydrogen-bond donors (Lipinski definition) is 3. The van der Waals surface area contributed by atoms with Crippen molar-refractivity contribution in [3.05, 3.63) is 38.7 Å². The van der Waals surface area contributed by atoms with Crippen LogP contribution in [0.1, 0.15) is 37.3 Å². The maximum Gasteiger partial charge on any atom is 0.339 e. The van der Waals surface area contributed by atoms with Crippen LogP contribution in [0.3, 0.4) is 0 Å². The number of fused-ring (bicyclic) bond motifs is 1. The quantitative estimate of drug-likeness (QED) is 0.635. The van der Waals surface area contributed by atoms with Gasteiger partial charge >= 0.3 is 11.6 Å². The number of halogens is 1. The van der Waals surface area contributed by atoms with Gasteiger partial charge in [-0.15, -0.1) is 0 Å². The second-order valence-electron chi connectivity index (χ2n) is 6.04. The van der Waals surface area contributed by atoms with Crippen LogP contribution in [0.15, 0.2) is 21.3 Å². The SMILES string of the molecule is CCCC(NC(=O)CCc1c(C)c2cc(Cl)c(O)cc2oc1=O)C(=O)O. The van der Waals surface area contributed by atoms with Gasteiger partial charge in [-0.1, -0.05) is 24.9 Å². The van der Waals surface area contributed by atoms with E-state index < -0.39 is 23.5 Å². The lowest BCUT2D eigenvalue weighted by Gasteiger charge is -2.14. The predicted molar refractivity (Wildman–Crippen MR) is 96.7 cm³/mol. The molecule has 0 radical (unpaired) electrons. The highest BCUT2D eigenvalue weighted by molar-refractivity contribution is 6.32. The molecule has 0 spiro atoms. The number of phenolic OH excluding ortho intramolecular Hbond substituents is 1. The van der Waals surface area contributed by atoms with Gasteiger partial charge in [0.05, 0.1) is 5.02 Å². The van der Waals surface area contributed by atoms with E-state index >= 15 is 0 Å². The molecule has 1 amide bonds. The molecule has 0 aliphatic heterocycles. The van der Waals surface area contributed by atoms with Crippen molar-refractivity contribution in [2.75, 3.05) is 0 Å². The molecule has 2 aromatic rings. The van der Waals surface area contributed by atoms with Crippen LogP contribution in [0.25, 0.3) is 11.0 Å². The molecular weight excluding hydrogens is 362 g/mol. The van der Waals surface area contributed by atoms with E-state index in [0.717, 1.165) is 0 Å². The van der Waals surface area contributed by atoms with Gasteiger partial charge in [-0.3, -0.25) is 4.79 Å². The summed E-state index contributed by atoms with van der Waals surface area (Å²) < 4.78 is 5.20. The van der Waals surface area contributed by atoms with Crippen LogP contribution in [0.2, 0.25) is 5.02 Å². The molecule has 0 saturated heterocycles. The van der Waals surface area contributed by atoms with E-state index in [2.05, 4.69) is 5.32 Å². The fourth-order valence-corrected chi connectivity index (χ4v) is 2.90. The summed E-state index contributed by atoms with van der Waals surface area (Å²) in [6, 6.07) is 1.82. The molecular formula is C18H20ClNO6. The smallest absolute Gasteiger partial charge is 0.339 e. The number of phenols is 1. The summed E-state index contributed by atoms with van der Waals surface area (Å²) >= 11 is 5.91. The zero-order valence-corrected chi connectivity index (χ0v) is 15.2. The fourth-order valence-electron chi connectivity index (χ4n) is 2.74. The Bertz CT molecular complexity index is 905. The van der Waals surface area contributed by atoms with Crippen LogP contribution in [-0.4, -0.2) is 28.1 Å². The zero-order chi connectivity index (χ0) is 19.4. The molecule has 1 aromatic carbocycles. The third-order valence-corrected chi connectivity index (χ3v) is 4.47. The van der Waals surface area contributed by atoms with Gasteiger partial charge in [0.25, 0.3) is 0 Å². The van der Waals surface area contributed by atoms with Gasteiger partial charge in [0, 0.05) is 23.4 Å². The number of aryl methyl sites for hydroxylation is 1. The molecule has 0 aliphatic carbocycles. The number of carboxylic acids is 1. The molecule has 1 aromatic heterocycles. The molecule has 0 saturated carbocycles. The van der Waals surface area contributed by atoms with Crippen LogP contribution < -0.4 is 10.9 Å². The molecule has 0 fully saturated rings. The molecule has 3 N–H and O–H groups in total. The standard InChI is InChI=1S/C18H20ClNO6/c1-3-4-13(17(23)24)20-16(22)6-5-10-9(2)11-7-12(19)14(21)8-15(11)26-18(10)25/h7-8,13,21H,3-6H2,1-2H3,(H,20,22)(H,23,24). The van der Waals surface area contributed by atoms with Gasteiger partial charge in [0.15, 0.2) is 0 Å². The van der Waals surface area contributed by atoms with E-state index in [0.29, 0.717) is 29.4 Å². The van der Waals surface area contributed by atoms with E-state index in [9.17, 15) is 19.5 Å².